The third-order valence-electron chi connectivity index (χ3n) is 3.33. The Morgan fingerprint density at radius 3 is 3.12 bits per heavy atom. The van der Waals surface area contributed by atoms with Gasteiger partial charge in [0.1, 0.15) is 5.82 Å². The van der Waals surface area contributed by atoms with Crippen molar-refractivity contribution in [1.29, 1.82) is 0 Å². The van der Waals surface area contributed by atoms with Crippen molar-refractivity contribution < 1.29 is 4.74 Å². The van der Waals surface area contributed by atoms with Crippen LogP contribution in [0, 0.1) is 6.92 Å². The predicted molar refractivity (Wildman–Crippen MR) is 68.3 cm³/mol. The monoisotopic (exact) mass is 231 g/mol. The van der Waals surface area contributed by atoms with Crippen LogP contribution in [-0.4, -0.2) is 28.7 Å². The van der Waals surface area contributed by atoms with Crippen molar-refractivity contribution in [2.45, 2.75) is 32.4 Å². The Hall–Kier alpha value is -1.55. The van der Waals surface area contributed by atoms with Crippen LogP contribution in [-0.2, 0) is 4.74 Å². The molecule has 17 heavy (non-hydrogen) atoms. The van der Waals surface area contributed by atoms with E-state index in [1.807, 2.05) is 13.0 Å². The quantitative estimate of drug-likeness (QED) is 0.834. The van der Waals surface area contributed by atoms with Gasteiger partial charge in [0.2, 0.25) is 0 Å². The van der Waals surface area contributed by atoms with Crippen LogP contribution in [0.2, 0.25) is 0 Å². The molecule has 2 unspecified atom stereocenters. The number of ether oxygens (including phenoxy) is 1. The SMILES string of the molecule is Cc1nc2ccc(NC3CCOC3C)cc2[nH]1. The molecule has 1 aromatic heterocycles. The third-order valence-corrected chi connectivity index (χ3v) is 3.33. The van der Waals surface area contributed by atoms with E-state index >= 15 is 0 Å². The van der Waals surface area contributed by atoms with E-state index in [0.29, 0.717) is 6.04 Å². The average molecular weight is 231 g/mol. The molecule has 0 saturated carbocycles. The topological polar surface area (TPSA) is 49.9 Å². The molecule has 2 N–H and O–H groups in total. The number of anilines is 1. The van der Waals surface area contributed by atoms with Gasteiger partial charge < -0.3 is 15.0 Å². The van der Waals surface area contributed by atoms with Gasteiger partial charge in [-0.3, -0.25) is 0 Å². The van der Waals surface area contributed by atoms with E-state index < -0.39 is 0 Å². The lowest BCUT2D eigenvalue weighted by atomic mass is 10.1. The number of H-pyrrole nitrogens is 1. The van der Waals surface area contributed by atoms with Gasteiger partial charge in [0.25, 0.3) is 0 Å². The first-order valence-corrected chi connectivity index (χ1v) is 6.07. The number of aryl methyl sites for hydroxylation is 1. The normalized spacial score (nSPS) is 24.4. The van der Waals surface area contributed by atoms with E-state index in [1.54, 1.807) is 0 Å². The summed E-state index contributed by atoms with van der Waals surface area (Å²) in [4.78, 5) is 7.65. The van der Waals surface area contributed by atoms with Crippen molar-refractivity contribution in [3.05, 3.63) is 24.0 Å². The molecule has 1 aliphatic rings. The summed E-state index contributed by atoms with van der Waals surface area (Å²) >= 11 is 0. The van der Waals surface area contributed by atoms with Gasteiger partial charge in [-0.2, -0.15) is 0 Å². The Labute approximate surface area is 100 Å². The van der Waals surface area contributed by atoms with Gasteiger partial charge in [0, 0.05) is 12.3 Å². The first-order valence-electron chi connectivity index (χ1n) is 6.07. The molecule has 1 aliphatic heterocycles. The summed E-state index contributed by atoms with van der Waals surface area (Å²) < 4.78 is 5.55. The van der Waals surface area contributed by atoms with Crippen molar-refractivity contribution in [2.75, 3.05) is 11.9 Å². The maximum Gasteiger partial charge on any atom is 0.104 e. The van der Waals surface area contributed by atoms with Gasteiger partial charge in [-0.1, -0.05) is 0 Å². The summed E-state index contributed by atoms with van der Waals surface area (Å²) in [6, 6.07) is 6.65. The molecule has 1 aromatic carbocycles. The van der Waals surface area contributed by atoms with E-state index in [9.17, 15) is 0 Å². The van der Waals surface area contributed by atoms with Gasteiger partial charge >= 0.3 is 0 Å². The standard InChI is InChI=1S/C13H17N3O/c1-8-11(5-6-17-8)16-10-3-4-12-13(7-10)15-9(2)14-12/h3-4,7-8,11,16H,5-6H2,1-2H3,(H,14,15). The van der Waals surface area contributed by atoms with Crippen molar-refractivity contribution in [3.8, 4) is 0 Å². The van der Waals surface area contributed by atoms with E-state index in [2.05, 4.69) is 34.3 Å². The highest BCUT2D eigenvalue weighted by atomic mass is 16.5. The molecule has 4 nitrogen and oxygen atoms in total. The van der Waals surface area contributed by atoms with E-state index in [1.165, 1.54) is 0 Å². The summed E-state index contributed by atoms with van der Waals surface area (Å²) in [7, 11) is 0. The van der Waals surface area contributed by atoms with Crippen molar-refractivity contribution in [3.63, 3.8) is 0 Å². The van der Waals surface area contributed by atoms with Gasteiger partial charge in [-0.05, 0) is 38.5 Å². The highest BCUT2D eigenvalue weighted by molar-refractivity contribution is 5.79. The average Bonchev–Trinajstić information content (AvgIpc) is 2.84. The van der Waals surface area contributed by atoms with E-state index in [4.69, 9.17) is 4.74 Å². The van der Waals surface area contributed by atoms with Gasteiger partial charge in [0.05, 0.1) is 23.2 Å². The highest BCUT2D eigenvalue weighted by Gasteiger charge is 2.23. The van der Waals surface area contributed by atoms with E-state index in [-0.39, 0.29) is 6.10 Å². The van der Waals surface area contributed by atoms with Crippen molar-refractivity contribution in [1.82, 2.24) is 9.97 Å². The summed E-state index contributed by atoms with van der Waals surface area (Å²) in [5.74, 6) is 0.953. The van der Waals surface area contributed by atoms with Crippen LogP contribution in [0.5, 0.6) is 0 Å². The number of fused-ring (bicyclic) bond motifs is 1. The molecular formula is C13H17N3O. The lowest BCUT2D eigenvalue weighted by molar-refractivity contribution is 0.121. The van der Waals surface area contributed by atoms with Crippen LogP contribution in [0.3, 0.4) is 0 Å². The van der Waals surface area contributed by atoms with Crippen molar-refractivity contribution in [2.24, 2.45) is 0 Å². The zero-order valence-electron chi connectivity index (χ0n) is 10.2. The molecule has 2 aromatic rings. The Morgan fingerprint density at radius 2 is 2.35 bits per heavy atom. The van der Waals surface area contributed by atoms with Crippen molar-refractivity contribution >= 4 is 16.7 Å². The minimum atomic E-state index is 0.286. The van der Waals surface area contributed by atoms with Crippen LogP contribution >= 0.6 is 0 Å². The number of aromatic nitrogens is 2. The summed E-state index contributed by atoms with van der Waals surface area (Å²) in [5, 5.41) is 3.52. The number of hydrogen-bond donors (Lipinski definition) is 2. The molecular weight excluding hydrogens is 214 g/mol. The maximum atomic E-state index is 5.55. The Balaban J connectivity index is 1.85. The van der Waals surface area contributed by atoms with E-state index in [0.717, 1.165) is 35.6 Å². The minimum absolute atomic E-state index is 0.286. The molecule has 2 atom stereocenters. The second-order valence-electron chi connectivity index (χ2n) is 4.67. The second kappa shape index (κ2) is 4.04. The van der Waals surface area contributed by atoms with Gasteiger partial charge in [0.15, 0.2) is 0 Å². The van der Waals surface area contributed by atoms with Gasteiger partial charge in [-0.15, -0.1) is 0 Å². The zero-order valence-corrected chi connectivity index (χ0v) is 10.2. The fourth-order valence-electron chi connectivity index (χ4n) is 2.36. The number of nitrogens with one attached hydrogen (secondary N) is 2. The first kappa shape index (κ1) is 10.6. The van der Waals surface area contributed by atoms with Crippen LogP contribution in [0.15, 0.2) is 18.2 Å². The Morgan fingerprint density at radius 1 is 1.47 bits per heavy atom. The van der Waals surface area contributed by atoms with Crippen LogP contribution in [0.1, 0.15) is 19.2 Å². The molecule has 1 fully saturated rings. The third kappa shape index (κ3) is 2.00. The minimum Gasteiger partial charge on any atom is -0.380 e. The summed E-state index contributed by atoms with van der Waals surface area (Å²) in [6.45, 7) is 4.94. The largest absolute Gasteiger partial charge is 0.380 e. The highest BCUT2D eigenvalue weighted by Crippen LogP contribution is 2.21. The van der Waals surface area contributed by atoms with Gasteiger partial charge in [-0.25, -0.2) is 4.98 Å². The first-order chi connectivity index (χ1) is 8.22. The molecule has 3 rings (SSSR count). The summed E-state index contributed by atoms with van der Waals surface area (Å²) in [5.41, 5.74) is 3.23. The smallest absolute Gasteiger partial charge is 0.104 e. The molecule has 2 heterocycles. The summed E-state index contributed by atoms with van der Waals surface area (Å²) in [6.07, 6.45) is 1.36. The fourth-order valence-corrected chi connectivity index (χ4v) is 2.36. The predicted octanol–water partition coefficient (Wildman–Crippen LogP) is 2.46. The number of benzene rings is 1. The molecule has 4 heteroatoms. The number of hydrogen-bond acceptors (Lipinski definition) is 3. The fraction of sp³-hybridized carbons (Fsp3) is 0.462. The number of aromatic amines is 1. The number of imidazole rings is 1. The zero-order chi connectivity index (χ0) is 11.8. The Bertz CT molecular complexity index is 534. The molecule has 0 radical (unpaired) electrons. The maximum absolute atomic E-state index is 5.55. The van der Waals surface area contributed by atoms with Crippen LogP contribution in [0.25, 0.3) is 11.0 Å². The van der Waals surface area contributed by atoms with Crippen LogP contribution in [0.4, 0.5) is 5.69 Å². The number of nitrogens with zero attached hydrogens (tertiary/aromatic N) is 1. The molecule has 90 valence electrons. The lowest BCUT2D eigenvalue weighted by Gasteiger charge is -2.17. The molecule has 0 aliphatic carbocycles. The molecule has 1 saturated heterocycles. The molecule has 0 spiro atoms. The lowest BCUT2D eigenvalue weighted by Crippen LogP contribution is -2.26. The Kier molecular flexibility index (Phi) is 2.52. The molecule has 0 amide bonds. The number of rotatable bonds is 2. The molecule has 0 bridgehead atoms. The second-order valence-corrected chi connectivity index (χ2v) is 4.67. The van der Waals surface area contributed by atoms with Crippen LogP contribution < -0.4 is 5.32 Å².